The Balaban J connectivity index is 4.14. The van der Waals surface area contributed by atoms with E-state index in [2.05, 4.69) is 40.3 Å². The lowest BCUT2D eigenvalue weighted by molar-refractivity contribution is 0.875. The van der Waals surface area contributed by atoms with Gasteiger partial charge in [0.05, 0.1) is 0 Å². The van der Waals surface area contributed by atoms with E-state index in [1.54, 1.807) is 11.1 Å². The predicted octanol–water partition coefficient (Wildman–Crippen LogP) is 5.43. The second-order valence-corrected chi connectivity index (χ2v) is 4.40. The highest BCUT2D eigenvalue weighted by Crippen LogP contribution is 2.18. The lowest BCUT2D eigenvalue weighted by Crippen LogP contribution is -1.87. The molecule has 0 rings (SSSR count). The predicted molar refractivity (Wildman–Crippen MR) is 71.1 cm³/mol. The van der Waals surface area contributed by atoms with Crippen LogP contribution in [0.2, 0.25) is 0 Å². The minimum absolute atomic E-state index is 1.09. The first-order valence-electron chi connectivity index (χ1n) is 6.03. The third-order valence-electron chi connectivity index (χ3n) is 2.76. The minimum Gasteiger partial charge on any atom is -0.103 e. The maximum absolute atomic E-state index is 3.73. The third-order valence-corrected chi connectivity index (χ3v) is 2.76. The van der Waals surface area contributed by atoms with Crippen molar-refractivity contribution in [2.24, 2.45) is 0 Å². The second kappa shape index (κ2) is 8.52. The Labute approximate surface area is 95.8 Å². The molecule has 0 heteroatoms. The summed E-state index contributed by atoms with van der Waals surface area (Å²) in [5.41, 5.74) is 4.60. The first kappa shape index (κ1) is 14.2. The van der Waals surface area contributed by atoms with Crippen LogP contribution >= 0.6 is 0 Å². The van der Waals surface area contributed by atoms with Crippen LogP contribution in [-0.4, -0.2) is 0 Å². The average molecular weight is 206 g/mol. The zero-order chi connectivity index (χ0) is 11.7. The number of hydrogen-bond acceptors (Lipinski definition) is 0. The van der Waals surface area contributed by atoms with Crippen molar-refractivity contribution >= 4 is 0 Å². The van der Waals surface area contributed by atoms with Crippen LogP contribution in [-0.2, 0) is 0 Å². The van der Waals surface area contributed by atoms with Gasteiger partial charge in [-0.25, -0.2) is 0 Å². The molecular formula is C15H26. The molecular weight excluding hydrogens is 180 g/mol. The first-order valence-corrected chi connectivity index (χ1v) is 6.03. The summed E-state index contributed by atoms with van der Waals surface area (Å²) in [5.74, 6) is 0. The Morgan fingerprint density at radius 1 is 1.07 bits per heavy atom. The van der Waals surface area contributed by atoms with Crippen molar-refractivity contribution in [1.82, 2.24) is 0 Å². The highest BCUT2D eigenvalue weighted by Gasteiger charge is 1.97. The van der Waals surface area contributed by atoms with Gasteiger partial charge in [0.15, 0.2) is 0 Å². The van der Waals surface area contributed by atoms with Gasteiger partial charge in [0.25, 0.3) is 0 Å². The molecule has 0 radical (unpaired) electrons. The fourth-order valence-electron chi connectivity index (χ4n) is 1.68. The molecule has 0 nitrogen and oxygen atoms in total. The Morgan fingerprint density at radius 2 is 1.73 bits per heavy atom. The van der Waals surface area contributed by atoms with Crippen molar-refractivity contribution in [3.8, 4) is 0 Å². The molecule has 0 fully saturated rings. The van der Waals surface area contributed by atoms with Crippen LogP contribution < -0.4 is 0 Å². The van der Waals surface area contributed by atoms with E-state index < -0.39 is 0 Å². The van der Waals surface area contributed by atoms with Crippen LogP contribution in [0.1, 0.15) is 59.8 Å². The third kappa shape index (κ3) is 7.18. The molecule has 0 aromatic carbocycles. The van der Waals surface area contributed by atoms with Crippen molar-refractivity contribution in [3.63, 3.8) is 0 Å². The fraction of sp³-hybridized carbons (Fsp3) is 0.600. The molecule has 86 valence electrons. The van der Waals surface area contributed by atoms with Crippen molar-refractivity contribution < 1.29 is 0 Å². The van der Waals surface area contributed by atoms with Crippen LogP contribution in [0.4, 0.5) is 0 Å². The Kier molecular flexibility index (Phi) is 8.08. The number of unbranched alkanes of at least 4 members (excludes halogenated alkanes) is 1. The topological polar surface area (TPSA) is 0 Å². The van der Waals surface area contributed by atoms with Crippen molar-refractivity contribution in [2.45, 2.75) is 59.8 Å². The lowest BCUT2D eigenvalue weighted by Gasteiger charge is -2.07. The highest BCUT2D eigenvalue weighted by atomic mass is 14.0. The smallest absolute Gasteiger partial charge is 0.0111 e. The molecule has 0 aliphatic rings. The molecule has 0 spiro atoms. The zero-order valence-electron chi connectivity index (χ0n) is 10.9. The monoisotopic (exact) mass is 206 g/mol. The normalized spacial score (nSPS) is 13.7. The van der Waals surface area contributed by atoms with Gasteiger partial charge in [-0.15, -0.1) is 6.58 Å². The number of allylic oxidation sites excluding steroid dienone is 5. The molecule has 0 bridgehead atoms. The molecule has 0 amide bonds. The van der Waals surface area contributed by atoms with Gasteiger partial charge < -0.3 is 0 Å². The van der Waals surface area contributed by atoms with E-state index in [0.29, 0.717) is 0 Å². The van der Waals surface area contributed by atoms with Crippen LogP contribution in [0.5, 0.6) is 0 Å². The average Bonchev–Trinajstić information content (AvgIpc) is 2.18. The van der Waals surface area contributed by atoms with E-state index in [0.717, 1.165) is 19.3 Å². The van der Waals surface area contributed by atoms with E-state index in [1.807, 2.05) is 6.08 Å². The number of rotatable bonds is 7. The van der Waals surface area contributed by atoms with E-state index in [4.69, 9.17) is 0 Å². The molecule has 0 aliphatic heterocycles. The molecule has 15 heavy (non-hydrogen) atoms. The van der Waals surface area contributed by atoms with E-state index in [-0.39, 0.29) is 0 Å². The molecule has 0 unspecified atom stereocenters. The summed E-state index contributed by atoms with van der Waals surface area (Å²) >= 11 is 0. The molecule has 0 aliphatic carbocycles. The molecule has 0 heterocycles. The summed E-state index contributed by atoms with van der Waals surface area (Å²) in [4.78, 5) is 0. The molecule has 0 saturated heterocycles. The van der Waals surface area contributed by atoms with Crippen molar-refractivity contribution in [2.75, 3.05) is 0 Å². The SMILES string of the molecule is C=CCCC=C(C)CC(C)=C(C)CCC. The lowest BCUT2D eigenvalue weighted by atomic mass is 9.99. The van der Waals surface area contributed by atoms with Crippen LogP contribution in [0.3, 0.4) is 0 Å². The quantitative estimate of drug-likeness (QED) is 0.385. The summed E-state index contributed by atoms with van der Waals surface area (Å²) in [6.45, 7) is 12.7. The summed E-state index contributed by atoms with van der Waals surface area (Å²) in [6.07, 6.45) is 10.2. The Morgan fingerprint density at radius 3 is 2.27 bits per heavy atom. The van der Waals surface area contributed by atoms with Gasteiger partial charge in [-0.3, -0.25) is 0 Å². The highest BCUT2D eigenvalue weighted by molar-refractivity contribution is 5.17. The van der Waals surface area contributed by atoms with Gasteiger partial charge in [-0.05, 0) is 46.5 Å². The minimum atomic E-state index is 1.09. The van der Waals surface area contributed by atoms with Crippen LogP contribution in [0.25, 0.3) is 0 Å². The summed E-state index contributed by atoms with van der Waals surface area (Å²) in [7, 11) is 0. The van der Waals surface area contributed by atoms with Gasteiger partial charge in [0.2, 0.25) is 0 Å². The van der Waals surface area contributed by atoms with Crippen molar-refractivity contribution in [1.29, 1.82) is 0 Å². The van der Waals surface area contributed by atoms with E-state index in [1.165, 1.54) is 18.4 Å². The zero-order valence-corrected chi connectivity index (χ0v) is 10.9. The molecule has 0 N–H and O–H groups in total. The Hall–Kier alpha value is -0.780. The Bertz CT molecular complexity index is 241. The van der Waals surface area contributed by atoms with Gasteiger partial charge in [0.1, 0.15) is 0 Å². The van der Waals surface area contributed by atoms with Crippen LogP contribution in [0, 0.1) is 0 Å². The molecule has 0 saturated carbocycles. The van der Waals surface area contributed by atoms with Gasteiger partial charge in [-0.1, -0.05) is 42.2 Å². The maximum atomic E-state index is 3.73. The second-order valence-electron chi connectivity index (χ2n) is 4.40. The molecule has 0 atom stereocenters. The standard InChI is InChI=1S/C15H26/c1-6-8-9-11-13(3)12-15(5)14(4)10-7-2/h6,11H,1,7-10,12H2,2-5H3. The largest absolute Gasteiger partial charge is 0.103 e. The van der Waals surface area contributed by atoms with Gasteiger partial charge in [-0.2, -0.15) is 0 Å². The van der Waals surface area contributed by atoms with Gasteiger partial charge >= 0.3 is 0 Å². The van der Waals surface area contributed by atoms with Gasteiger partial charge in [0, 0.05) is 0 Å². The number of hydrogen-bond donors (Lipinski definition) is 0. The van der Waals surface area contributed by atoms with Crippen LogP contribution in [0.15, 0.2) is 35.5 Å². The van der Waals surface area contributed by atoms with Crippen molar-refractivity contribution in [3.05, 3.63) is 35.5 Å². The summed E-state index contributed by atoms with van der Waals surface area (Å²) < 4.78 is 0. The summed E-state index contributed by atoms with van der Waals surface area (Å²) in [5, 5.41) is 0. The van der Waals surface area contributed by atoms with E-state index in [9.17, 15) is 0 Å². The first-order chi connectivity index (χ1) is 7.11. The maximum Gasteiger partial charge on any atom is -0.0111 e. The summed E-state index contributed by atoms with van der Waals surface area (Å²) in [6, 6.07) is 0. The molecule has 0 aromatic heterocycles. The molecule has 0 aromatic rings. The van der Waals surface area contributed by atoms with E-state index >= 15 is 0 Å². The fourth-order valence-corrected chi connectivity index (χ4v) is 1.68.